The van der Waals surface area contributed by atoms with Crippen molar-refractivity contribution in [3.8, 4) is 11.8 Å². The van der Waals surface area contributed by atoms with Gasteiger partial charge < -0.3 is 4.74 Å². The number of ether oxygens (including phenoxy) is 1. The Balaban J connectivity index is 2.14. The number of halogens is 1. The summed E-state index contributed by atoms with van der Waals surface area (Å²) in [5.41, 5.74) is 1.89. The first-order chi connectivity index (χ1) is 9.22. The Labute approximate surface area is 112 Å². The zero-order valence-electron chi connectivity index (χ0n) is 10.6. The van der Waals surface area contributed by atoms with E-state index in [1.54, 1.807) is 19.2 Å². The maximum Gasteiger partial charge on any atom is 0.123 e. The normalized spacial score (nSPS) is 11.6. The molecule has 2 aromatic rings. The zero-order chi connectivity index (χ0) is 13.7. The van der Waals surface area contributed by atoms with Crippen molar-refractivity contribution in [2.75, 3.05) is 7.11 Å². The highest BCUT2D eigenvalue weighted by Crippen LogP contribution is 2.22. The van der Waals surface area contributed by atoms with E-state index < -0.39 is 0 Å². The first kappa shape index (κ1) is 13.1. The summed E-state index contributed by atoms with van der Waals surface area (Å²) in [5.74, 6) is 0.234. The van der Waals surface area contributed by atoms with Gasteiger partial charge in [0.25, 0.3) is 0 Å². The third kappa shape index (κ3) is 3.32. The van der Waals surface area contributed by atoms with Crippen LogP contribution in [0.2, 0.25) is 0 Å². The summed E-state index contributed by atoms with van der Waals surface area (Å²) >= 11 is 0. The first-order valence-corrected chi connectivity index (χ1v) is 6.01. The van der Waals surface area contributed by atoms with Crippen LogP contribution in [0, 0.1) is 17.1 Å². The average Bonchev–Trinajstić information content (AvgIpc) is 2.46. The molecule has 0 fully saturated rings. The van der Waals surface area contributed by atoms with Gasteiger partial charge >= 0.3 is 0 Å². The van der Waals surface area contributed by atoms with Gasteiger partial charge in [-0.3, -0.25) is 0 Å². The Morgan fingerprint density at radius 1 is 1.11 bits per heavy atom. The lowest BCUT2D eigenvalue weighted by Crippen LogP contribution is -2.00. The molecular formula is C16H14FNO. The largest absolute Gasteiger partial charge is 0.497 e. The second kappa shape index (κ2) is 6.01. The standard InChI is InChI=1S/C16H14FNO/c1-19-16-8-2-12(3-9-16)10-14(11-18)13-4-6-15(17)7-5-13/h2-9,14H,10H2,1H3. The molecule has 2 aromatic carbocycles. The number of hydrogen-bond donors (Lipinski definition) is 0. The molecule has 2 nitrogen and oxygen atoms in total. The molecule has 1 atom stereocenters. The van der Waals surface area contributed by atoms with Gasteiger partial charge in [0.1, 0.15) is 11.6 Å². The lowest BCUT2D eigenvalue weighted by molar-refractivity contribution is 0.414. The van der Waals surface area contributed by atoms with Gasteiger partial charge in [0.15, 0.2) is 0 Å². The van der Waals surface area contributed by atoms with Crippen LogP contribution in [0.3, 0.4) is 0 Å². The Morgan fingerprint density at radius 2 is 1.74 bits per heavy atom. The van der Waals surface area contributed by atoms with Crippen LogP contribution in [0.25, 0.3) is 0 Å². The Morgan fingerprint density at radius 3 is 2.26 bits per heavy atom. The van der Waals surface area contributed by atoms with Crippen molar-refractivity contribution in [1.82, 2.24) is 0 Å². The summed E-state index contributed by atoms with van der Waals surface area (Å²) in [5, 5.41) is 9.24. The van der Waals surface area contributed by atoms with Gasteiger partial charge in [-0.05, 0) is 41.8 Å². The number of benzene rings is 2. The molecule has 0 radical (unpaired) electrons. The number of rotatable bonds is 4. The fourth-order valence-electron chi connectivity index (χ4n) is 1.93. The van der Waals surface area contributed by atoms with Crippen molar-refractivity contribution >= 4 is 0 Å². The third-order valence-electron chi connectivity index (χ3n) is 3.03. The van der Waals surface area contributed by atoms with E-state index in [4.69, 9.17) is 4.74 Å². The van der Waals surface area contributed by atoms with Crippen molar-refractivity contribution in [2.24, 2.45) is 0 Å². The highest BCUT2D eigenvalue weighted by molar-refractivity contribution is 5.32. The average molecular weight is 255 g/mol. The van der Waals surface area contributed by atoms with E-state index in [-0.39, 0.29) is 11.7 Å². The summed E-state index contributed by atoms with van der Waals surface area (Å²) in [4.78, 5) is 0. The van der Waals surface area contributed by atoms with Gasteiger partial charge in [-0.1, -0.05) is 24.3 Å². The molecule has 0 N–H and O–H groups in total. The van der Waals surface area contributed by atoms with Crippen molar-refractivity contribution in [2.45, 2.75) is 12.3 Å². The predicted octanol–water partition coefficient (Wildman–Crippen LogP) is 3.68. The summed E-state index contributed by atoms with van der Waals surface area (Å²) < 4.78 is 18.0. The van der Waals surface area contributed by atoms with Crippen molar-refractivity contribution in [3.05, 3.63) is 65.5 Å². The summed E-state index contributed by atoms with van der Waals surface area (Å²) in [6.45, 7) is 0. The van der Waals surface area contributed by atoms with Crippen molar-refractivity contribution < 1.29 is 9.13 Å². The molecule has 0 aliphatic rings. The zero-order valence-corrected chi connectivity index (χ0v) is 10.6. The smallest absolute Gasteiger partial charge is 0.123 e. The third-order valence-corrected chi connectivity index (χ3v) is 3.03. The van der Waals surface area contributed by atoms with E-state index >= 15 is 0 Å². The number of nitriles is 1. The lowest BCUT2D eigenvalue weighted by atomic mass is 9.93. The molecule has 0 aliphatic carbocycles. The molecule has 0 aromatic heterocycles. The van der Waals surface area contributed by atoms with Crippen LogP contribution < -0.4 is 4.74 Å². The minimum absolute atomic E-state index is 0.269. The molecule has 0 saturated heterocycles. The predicted molar refractivity (Wildman–Crippen MR) is 71.5 cm³/mol. The van der Waals surface area contributed by atoms with E-state index in [0.29, 0.717) is 6.42 Å². The molecule has 3 heteroatoms. The van der Waals surface area contributed by atoms with E-state index in [2.05, 4.69) is 6.07 Å². The number of nitrogens with zero attached hydrogens (tertiary/aromatic N) is 1. The summed E-state index contributed by atoms with van der Waals surface area (Å²) in [6.07, 6.45) is 0.603. The van der Waals surface area contributed by atoms with Gasteiger partial charge in [-0.2, -0.15) is 5.26 Å². The van der Waals surface area contributed by atoms with E-state index in [9.17, 15) is 9.65 Å². The fourth-order valence-corrected chi connectivity index (χ4v) is 1.93. The maximum atomic E-state index is 12.9. The summed E-state index contributed by atoms with van der Waals surface area (Å²) in [6, 6.07) is 16.0. The van der Waals surface area contributed by atoms with Crippen LogP contribution in [0.15, 0.2) is 48.5 Å². The quantitative estimate of drug-likeness (QED) is 0.834. The second-order valence-corrected chi connectivity index (χ2v) is 4.29. The minimum Gasteiger partial charge on any atom is -0.497 e. The Bertz CT molecular complexity index is 569. The molecular weight excluding hydrogens is 241 g/mol. The van der Waals surface area contributed by atoms with Crippen LogP contribution in [-0.2, 0) is 6.42 Å². The SMILES string of the molecule is COc1ccc(CC(C#N)c2ccc(F)cc2)cc1. The lowest BCUT2D eigenvalue weighted by Gasteiger charge is -2.10. The van der Waals surface area contributed by atoms with Crippen LogP contribution in [0.1, 0.15) is 17.0 Å². The first-order valence-electron chi connectivity index (χ1n) is 6.01. The van der Waals surface area contributed by atoms with Gasteiger partial charge in [-0.25, -0.2) is 4.39 Å². The molecule has 0 amide bonds. The molecule has 1 unspecified atom stereocenters. The van der Waals surface area contributed by atoms with E-state index in [1.165, 1.54) is 12.1 Å². The summed E-state index contributed by atoms with van der Waals surface area (Å²) in [7, 11) is 1.62. The second-order valence-electron chi connectivity index (χ2n) is 4.29. The monoisotopic (exact) mass is 255 g/mol. The topological polar surface area (TPSA) is 33.0 Å². The van der Waals surface area contributed by atoms with E-state index in [1.807, 2.05) is 24.3 Å². The van der Waals surface area contributed by atoms with Gasteiger partial charge in [0.05, 0.1) is 19.1 Å². The van der Waals surface area contributed by atoms with Crippen LogP contribution >= 0.6 is 0 Å². The van der Waals surface area contributed by atoms with Crippen LogP contribution in [0.5, 0.6) is 5.75 Å². The van der Waals surface area contributed by atoms with E-state index in [0.717, 1.165) is 16.9 Å². The maximum absolute atomic E-state index is 12.9. The molecule has 0 bridgehead atoms. The number of methoxy groups -OCH3 is 1. The van der Waals surface area contributed by atoms with Crippen molar-refractivity contribution in [1.29, 1.82) is 5.26 Å². The molecule has 0 heterocycles. The Hall–Kier alpha value is -2.34. The van der Waals surface area contributed by atoms with Crippen molar-refractivity contribution in [3.63, 3.8) is 0 Å². The fraction of sp³-hybridized carbons (Fsp3) is 0.188. The molecule has 96 valence electrons. The van der Waals surface area contributed by atoms with Gasteiger partial charge in [-0.15, -0.1) is 0 Å². The molecule has 0 spiro atoms. The minimum atomic E-state index is -0.287. The van der Waals surface area contributed by atoms with Gasteiger partial charge in [0, 0.05) is 0 Å². The highest BCUT2D eigenvalue weighted by Gasteiger charge is 2.11. The number of hydrogen-bond acceptors (Lipinski definition) is 2. The van der Waals surface area contributed by atoms with Crippen LogP contribution in [-0.4, -0.2) is 7.11 Å². The van der Waals surface area contributed by atoms with Crippen LogP contribution in [0.4, 0.5) is 4.39 Å². The highest BCUT2D eigenvalue weighted by atomic mass is 19.1. The molecule has 19 heavy (non-hydrogen) atoms. The van der Waals surface area contributed by atoms with Gasteiger partial charge in [0.2, 0.25) is 0 Å². The molecule has 0 aliphatic heterocycles. The Kier molecular flexibility index (Phi) is 4.15. The molecule has 2 rings (SSSR count). The molecule has 0 saturated carbocycles.